The fourth-order valence-electron chi connectivity index (χ4n) is 8.43. The molecule has 2 heteroatoms. The van der Waals surface area contributed by atoms with Crippen molar-refractivity contribution in [2.45, 2.75) is 48.0 Å². The second kappa shape index (κ2) is 10.4. The second-order valence-corrected chi connectivity index (χ2v) is 14.6. The first kappa shape index (κ1) is 28.7. The van der Waals surface area contributed by atoms with Gasteiger partial charge in [0.15, 0.2) is 0 Å². The molecular weight excluding hydrogens is 676 g/mol. The number of halogens is 2. The van der Waals surface area contributed by atoms with Gasteiger partial charge in [0.05, 0.1) is 0 Å². The smallest absolute Gasteiger partial charge is 0.0266 e. The van der Waals surface area contributed by atoms with E-state index in [1.165, 1.54) is 109 Å². The van der Waals surface area contributed by atoms with Gasteiger partial charge in [-0.05, 0) is 140 Å². The lowest BCUT2D eigenvalue weighted by molar-refractivity contribution is 1.16. The van der Waals surface area contributed by atoms with E-state index in [2.05, 4.69) is 158 Å². The fraction of sp³-hybridized carbons (Fsp3) is 0.163. The summed E-state index contributed by atoms with van der Waals surface area (Å²) in [5.41, 5.74) is 10.8. The molecular formula is C43H34Br2. The van der Waals surface area contributed by atoms with E-state index in [4.69, 9.17) is 0 Å². The zero-order valence-corrected chi connectivity index (χ0v) is 29.7. The molecule has 0 amide bonds. The molecule has 0 bridgehead atoms. The Labute approximate surface area is 281 Å². The highest BCUT2D eigenvalue weighted by atomic mass is 79.9. The third-order valence-electron chi connectivity index (χ3n) is 9.96. The molecule has 0 atom stereocenters. The van der Waals surface area contributed by atoms with Crippen molar-refractivity contribution in [1.82, 2.24) is 0 Å². The number of benzene rings is 8. The standard InChI is InChI=1S/C43H34Br2/c1-7-29-37-25(5)17-23(3)19-33(37)40-35(45)21-28-13-9-11-15-31(28)43(40)41(29)38-26(6)36-24(4)16-22(2)18-32(36)39-34(44)20-27-12-8-10-14-30(27)42(38)39/h8-21H,7H2,1-6H3. The van der Waals surface area contributed by atoms with Gasteiger partial charge in [-0.2, -0.15) is 0 Å². The Kier molecular flexibility index (Phi) is 6.64. The molecule has 0 unspecified atom stereocenters. The Morgan fingerprint density at radius 3 is 1.47 bits per heavy atom. The van der Waals surface area contributed by atoms with E-state index in [9.17, 15) is 0 Å². The van der Waals surface area contributed by atoms with Gasteiger partial charge in [0.25, 0.3) is 0 Å². The first-order valence-corrected chi connectivity index (χ1v) is 17.4. The topological polar surface area (TPSA) is 0 Å². The Balaban J connectivity index is 1.80. The Morgan fingerprint density at radius 2 is 0.933 bits per heavy atom. The molecule has 220 valence electrons. The summed E-state index contributed by atoms with van der Waals surface area (Å²) in [4.78, 5) is 0. The van der Waals surface area contributed by atoms with Crippen molar-refractivity contribution in [3.8, 4) is 11.1 Å². The number of hydrogen-bond acceptors (Lipinski definition) is 0. The lowest BCUT2D eigenvalue weighted by Crippen LogP contribution is -2.01. The summed E-state index contributed by atoms with van der Waals surface area (Å²) in [5, 5.41) is 15.8. The molecule has 0 spiro atoms. The van der Waals surface area contributed by atoms with Crippen molar-refractivity contribution in [2.75, 3.05) is 0 Å². The summed E-state index contributed by atoms with van der Waals surface area (Å²) in [5.74, 6) is 0. The summed E-state index contributed by atoms with van der Waals surface area (Å²) in [6.45, 7) is 13.7. The van der Waals surface area contributed by atoms with E-state index in [0.717, 1.165) is 15.4 Å². The summed E-state index contributed by atoms with van der Waals surface area (Å²) >= 11 is 8.22. The summed E-state index contributed by atoms with van der Waals surface area (Å²) in [6.07, 6.45) is 0.935. The highest BCUT2D eigenvalue weighted by molar-refractivity contribution is 9.11. The zero-order valence-electron chi connectivity index (χ0n) is 26.5. The monoisotopic (exact) mass is 708 g/mol. The van der Waals surface area contributed by atoms with Gasteiger partial charge < -0.3 is 0 Å². The van der Waals surface area contributed by atoms with Crippen LogP contribution in [0.25, 0.3) is 75.8 Å². The average molecular weight is 711 g/mol. The van der Waals surface area contributed by atoms with Crippen LogP contribution in [0.3, 0.4) is 0 Å². The van der Waals surface area contributed by atoms with Crippen LogP contribution in [0.15, 0.2) is 93.9 Å². The molecule has 0 saturated heterocycles. The Bertz CT molecular complexity index is 2590. The molecule has 0 saturated carbocycles. The van der Waals surface area contributed by atoms with Crippen LogP contribution < -0.4 is 0 Å². The van der Waals surface area contributed by atoms with Crippen molar-refractivity contribution in [2.24, 2.45) is 0 Å². The molecule has 0 heterocycles. The van der Waals surface area contributed by atoms with E-state index in [1.54, 1.807) is 0 Å². The SMILES string of the molecule is CCc1c(-c2c(C)c3c(C)cc(C)cc3c3c(Br)cc4ccccc4c23)c2c3ccccc3cc(Br)c2c2cc(C)cc(C)c12. The molecule has 0 aliphatic rings. The van der Waals surface area contributed by atoms with Crippen molar-refractivity contribution >= 4 is 96.5 Å². The van der Waals surface area contributed by atoms with Gasteiger partial charge in [-0.3, -0.25) is 0 Å². The van der Waals surface area contributed by atoms with Crippen LogP contribution in [-0.4, -0.2) is 0 Å². The Morgan fingerprint density at radius 1 is 0.467 bits per heavy atom. The van der Waals surface area contributed by atoms with E-state index in [1.807, 2.05) is 0 Å². The minimum atomic E-state index is 0.935. The normalized spacial score (nSPS) is 12.1. The molecule has 0 aliphatic carbocycles. The van der Waals surface area contributed by atoms with Gasteiger partial charge >= 0.3 is 0 Å². The van der Waals surface area contributed by atoms with Crippen LogP contribution in [0.5, 0.6) is 0 Å². The first-order valence-electron chi connectivity index (χ1n) is 15.8. The second-order valence-electron chi connectivity index (χ2n) is 12.9. The van der Waals surface area contributed by atoms with Gasteiger partial charge in [-0.1, -0.05) is 123 Å². The van der Waals surface area contributed by atoms with Gasteiger partial charge in [0.2, 0.25) is 0 Å². The molecule has 0 aromatic heterocycles. The highest BCUT2D eigenvalue weighted by Gasteiger charge is 2.26. The zero-order chi connectivity index (χ0) is 31.3. The lowest BCUT2D eigenvalue weighted by atomic mass is 9.78. The number of rotatable bonds is 2. The molecule has 45 heavy (non-hydrogen) atoms. The van der Waals surface area contributed by atoms with Gasteiger partial charge in [-0.25, -0.2) is 0 Å². The molecule has 0 aliphatic heterocycles. The third-order valence-corrected chi connectivity index (χ3v) is 11.2. The van der Waals surface area contributed by atoms with Crippen LogP contribution in [0, 0.1) is 34.6 Å². The maximum atomic E-state index is 4.11. The quantitative estimate of drug-likeness (QED) is 0.157. The molecule has 0 N–H and O–H groups in total. The fourth-order valence-corrected chi connectivity index (χ4v) is 9.75. The molecule has 8 aromatic carbocycles. The molecule has 8 rings (SSSR count). The molecule has 0 nitrogen and oxygen atoms in total. The summed E-state index contributed by atoms with van der Waals surface area (Å²) in [7, 11) is 0. The van der Waals surface area contributed by atoms with Crippen LogP contribution in [0.1, 0.15) is 40.3 Å². The number of aryl methyl sites for hydroxylation is 6. The number of fused-ring (bicyclic) bond motifs is 10. The number of hydrogen-bond donors (Lipinski definition) is 0. The summed E-state index contributed by atoms with van der Waals surface area (Å²) < 4.78 is 2.30. The van der Waals surface area contributed by atoms with Crippen molar-refractivity contribution < 1.29 is 0 Å². The van der Waals surface area contributed by atoms with Crippen LogP contribution in [0.2, 0.25) is 0 Å². The van der Waals surface area contributed by atoms with Gasteiger partial charge in [-0.15, -0.1) is 0 Å². The maximum absolute atomic E-state index is 4.11. The van der Waals surface area contributed by atoms with Crippen molar-refractivity contribution in [1.29, 1.82) is 0 Å². The molecule has 0 fully saturated rings. The predicted molar refractivity (Wildman–Crippen MR) is 205 cm³/mol. The van der Waals surface area contributed by atoms with Crippen molar-refractivity contribution in [3.05, 3.63) is 127 Å². The van der Waals surface area contributed by atoms with Gasteiger partial charge in [0, 0.05) is 19.7 Å². The van der Waals surface area contributed by atoms with Crippen LogP contribution >= 0.6 is 31.9 Å². The van der Waals surface area contributed by atoms with Gasteiger partial charge in [0.1, 0.15) is 0 Å². The minimum absolute atomic E-state index is 0.935. The summed E-state index contributed by atoms with van der Waals surface area (Å²) in [6, 6.07) is 32.0. The minimum Gasteiger partial charge on any atom is -0.0616 e. The largest absolute Gasteiger partial charge is 0.0616 e. The lowest BCUT2D eigenvalue weighted by Gasteiger charge is -2.26. The van der Waals surface area contributed by atoms with E-state index >= 15 is 0 Å². The third kappa shape index (κ3) is 4.08. The maximum Gasteiger partial charge on any atom is 0.0266 e. The van der Waals surface area contributed by atoms with Crippen LogP contribution in [-0.2, 0) is 6.42 Å². The van der Waals surface area contributed by atoms with Crippen molar-refractivity contribution in [3.63, 3.8) is 0 Å². The van der Waals surface area contributed by atoms with E-state index in [-0.39, 0.29) is 0 Å². The Hall–Kier alpha value is -3.72. The first-order chi connectivity index (χ1) is 21.7. The van der Waals surface area contributed by atoms with E-state index in [0.29, 0.717) is 0 Å². The molecule has 8 aromatic rings. The average Bonchev–Trinajstić information content (AvgIpc) is 3.00. The van der Waals surface area contributed by atoms with Crippen LogP contribution in [0.4, 0.5) is 0 Å². The molecule has 0 radical (unpaired) electrons. The predicted octanol–water partition coefficient (Wildman–Crippen LogP) is 13.9. The highest BCUT2D eigenvalue weighted by Crippen LogP contribution is 2.52. The van der Waals surface area contributed by atoms with E-state index < -0.39 is 0 Å².